The monoisotopic (exact) mass is 292 g/mol. The average Bonchev–Trinajstić information content (AvgIpc) is 2.93. The summed E-state index contributed by atoms with van der Waals surface area (Å²) in [5.41, 5.74) is 5.07. The van der Waals surface area contributed by atoms with Gasteiger partial charge in [0.25, 0.3) is 5.91 Å². The van der Waals surface area contributed by atoms with Crippen LogP contribution in [0.4, 0.5) is 0 Å². The van der Waals surface area contributed by atoms with Gasteiger partial charge in [-0.25, -0.2) is 10.4 Å². The molecule has 1 N–H and O–H groups in total. The number of aromatic nitrogens is 2. The molecule has 0 fully saturated rings. The summed E-state index contributed by atoms with van der Waals surface area (Å²) < 4.78 is 2.05. The van der Waals surface area contributed by atoms with E-state index in [-0.39, 0.29) is 5.91 Å². The first-order chi connectivity index (χ1) is 10.8. The Morgan fingerprint density at radius 3 is 2.68 bits per heavy atom. The van der Waals surface area contributed by atoms with Crippen LogP contribution in [0.2, 0.25) is 0 Å². The summed E-state index contributed by atoms with van der Waals surface area (Å²) >= 11 is 0. The van der Waals surface area contributed by atoms with E-state index in [1.165, 1.54) is 0 Å². The maximum absolute atomic E-state index is 11.9. The lowest BCUT2D eigenvalue weighted by molar-refractivity contribution is 0.0955. The molecule has 0 unspecified atom stereocenters. The quantitative estimate of drug-likeness (QED) is 0.594. The van der Waals surface area contributed by atoms with Gasteiger partial charge in [0, 0.05) is 12.1 Å². The van der Waals surface area contributed by atoms with E-state index in [0.29, 0.717) is 5.56 Å². The number of nitrogens with zero attached hydrogens (tertiary/aromatic N) is 3. The van der Waals surface area contributed by atoms with Crippen LogP contribution in [-0.2, 0) is 6.54 Å². The van der Waals surface area contributed by atoms with E-state index >= 15 is 0 Å². The number of carbonyl (C=O) groups excluding carboxylic acids is 1. The Hall–Kier alpha value is -2.95. The molecule has 3 rings (SSSR count). The molecule has 0 aliphatic carbocycles. The molecular weight excluding hydrogens is 276 g/mol. The Morgan fingerprint density at radius 2 is 1.91 bits per heavy atom. The zero-order valence-corrected chi connectivity index (χ0v) is 12.2. The van der Waals surface area contributed by atoms with Crippen LogP contribution in [0.15, 0.2) is 59.7 Å². The number of aryl methyl sites for hydroxylation is 1. The molecule has 0 radical (unpaired) electrons. The summed E-state index contributed by atoms with van der Waals surface area (Å²) in [6.07, 6.45) is 1.57. The lowest BCUT2D eigenvalue weighted by atomic mass is 10.2. The van der Waals surface area contributed by atoms with Gasteiger partial charge in [-0.05, 0) is 31.2 Å². The van der Waals surface area contributed by atoms with Gasteiger partial charge in [0.15, 0.2) is 5.82 Å². The van der Waals surface area contributed by atoms with Gasteiger partial charge in [-0.3, -0.25) is 4.79 Å². The van der Waals surface area contributed by atoms with Gasteiger partial charge in [-0.15, -0.1) is 0 Å². The van der Waals surface area contributed by atoms with Crippen molar-refractivity contribution in [1.82, 2.24) is 15.0 Å². The van der Waals surface area contributed by atoms with Crippen LogP contribution in [0.25, 0.3) is 11.0 Å². The average molecular weight is 292 g/mol. The summed E-state index contributed by atoms with van der Waals surface area (Å²) in [6, 6.07) is 16.9. The number of hydrogen-bond acceptors (Lipinski definition) is 3. The smallest absolute Gasteiger partial charge is 0.271 e. The second-order valence-corrected chi connectivity index (χ2v) is 4.77. The highest BCUT2D eigenvalue weighted by Crippen LogP contribution is 2.14. The fraction of sp³-hybridized carbons (Fsp3) is 0.118. The van der Waals surface area contributed by atoms with E-state index in [9.17, 15) is 4.79 Å². The Kier molecular flexibility index (Phi) is 3.96. The molecule has 3 aromatic rings. The molecule has 0 saturated carbocycles. The molecule has 0 atom stereocenters. The van der Waals surface area contributed by atoms with Gasteiger partial charge in [0.1, 0.15) is 0 Å². The van der Waals surface area contributed by atoms with Crippen LogP contribution in [0.1, 0.15) is 23.1 Å². The van der Waals surface area contributed by atoms with Crippen molar-refractivity contribution >= 4 is 23.2 Å². The van der Waals surface area contributed by atoms with Gasteiger partial charge < -0.3 is 4.57 Å². The van der Waals surface area contributed by atoms with Gasteiger partial charge in [0.05, 0.1) is 17.2 Å². The van der Waals surface area contributed by atoms with Crippen LogP contribution in [0, 0.1) is 0 Å². The Bertz CT molecular complexity index is 821. The predicted molar refractivity (Wildman–Crippen MR) is 86.9 cm³/mol. The van der Waals surface area contributed by atoms with E-state index in [1.807, 2.05) is 54.0 Å². The topological polar surface area (TPSA) is 59.3 Å². The van der Waals surface area contributed by atoms with Gasteiger partial charge >= 0.3 is 0 Å². The first-order valence-corrected chi connectivity index (χ1v) is 7.13. The zero-order chi connectivity index (χ0) is 15.4. The highest BCUT2D eigenvalue weighted by atomic mass is 16.2. The van der Waals surface area contributed by atoms with E-state index in [0.717, 1.165) is 23.4 Å². The minimum Gasteiger partial charge on any atom is -0.323 e. The Labute approximate surface area is 128 Å². The molecule has 0 spiro atoms. The van der Waals surface area contributed by atoms with Crippen LogP contribution in [0.5, 0.6) is 0 Å². The minimum atomic E-state index is -0.240. The molecule has 1 aromatic heterocycles. The number of amides is 1. The van der Waals surface area contributed by atoms with E-state index in [2.05, 4.69) is 15.5 Å². The summed E-state index contributed by atoms with van der Waals surface area (Å²) in [4.78, 5) is 16.4. The minimum absolute atomic E-state index is 0.240. The highest BCUT2D eigenvalue weighted by Gasteiger charge is 2.07. The van der Waals surface area contributed by atoms with Crippen LogP contribution in [-0.4, -0.2) is 21.7 Å². The second-order valence-electron chi connectivity index (χ2n) is 4.77. The molecule has 5 heteroatoms. The third-order valence-electron chi connectivity index (χ3n) is 3.38. The van der Waals surface area contributed by atoms with Crippen LogP contribution >= 0.6 is 0 Å². The van der Waals surface area contributed by atoms with E-state index < -0.39 is 0 Å². The van der Waals surface area contributed by atoms with E-state index in [4.69, 9.17) is 0 Å². The van der Waals surface area contributed by atoms with Crippen molar-refractivity contribution in [3.05, 3.63) is 66.0 Å². The summed E-state index contributed by atoms with van der Waals surface area (Å²) in [7, 11) is 0. The number of imidazole rings is 1. The fourth-order valence-electron chi connectivity index (χ4n) is 2.33. The predicted octanol–water partition coefficient (Wildman–Crippen LogP) is 2.82. The number of benzene rings is 2. The molecule has 0 aliphatic heterocycles. The van der Waals surface area contributed by atoms with Crippen molar-refractivity contribution in [2.24, 2.45) is 5.10 Å². The van der Waals surface area contributed by atoms with Crippen LogP contribution in [0.3, 0.4) is 0 Å². The Morgan fingerprint density at radius 1 is 1.18 bits per heavy atom. The molecule has 2 aromatic carbocycles. The molecule has 0 aliphatic rings. The van der Waals surface area contributed by atoms with Crippen LogP contribution < -0.4 is 5.43 Å². The third kappa shape index (κ3) is 2.74. The lowest BCUT2D eigenvalue weighted by Crippen LogP contribution is -2.17. The number of para-hydroxylation sites is 2. The number of fused-ring (bicyclic) bond motifs is 1. The molecule has 1 heterocycles. The van der Waals surface area contributed by atoms with Crippen molar-refractivity contribution in [3.8, 4) is 0 Å². The molecule has 110 valence electrons. The summed E-state index contributed by atoms with van der Waals surface area (Å²) in [6.45, 7) is 2.84. The molecule has 1 amide bonds. The normalized spacial score (nSPS) is 11.1. The summed E-state index contributed by atoms with van der Waals surface area (Å²) in [5.74, 6) is 0.480. The third-order valence-corrected chi connectivity index (χ3v) is 3.38. The van der Waals surface area contributed by atoms with Gasteiger partial charge in [0.2, 0.25) is 0 Å². The SMILES string of the molecule is CCn1c(C=NNC(=O)c2ccccc2)nc2ccccc21. The number of hydrazone groups is 1. The second kappa shape index (κ2) is 6.22. The lowest BCUT2D eigenvalue weighted by Gasteiger charge is -2.02. The van der Waals surface area contributed by atoms with Crippen molar-refractivity contribution in [3.63, 3.8) is 0 Å². The van der Waals surface area contributed by atoms with Crippen molar-refractivity contribution < 1.29 is 4.79 Å². The van der Waals surface area contributed by atoms with E-state index in [1.54, 1.807) is 18.3 Å². The number of carbonyl (C=O) groups is 1. The maximum atomic E-state index is 11.9. The largest absolute Gasteiger partial charge is 0.323 e. The van der Waals surface area contributed by atoms with Crippen molar-refractivity contribution in [1.29, 1.82) is 0 Å². The molecule has 22 heavy (non-hydrogen) atoms. The highest BCUT2D eigenvalue weighted by molar-refractivity contribution is 5.94. The van der Waals surface area contributed by atoms with Crippen molar-refractivity contribution in [2.45, 2.75) is 13.5 Å². The summed E-state index contributed by atoms with van der Waals surface area (Å²) in [5, 5.41) is 4.01. The van der Waals surface area contributed by atoms with Crippen molar-refractivity contribution in [2.75, 3.05) is 0 Å². The zero-order valence-electron chi connectivity index (χ0n) is 12.2. The fourth-order valence-corrected chi connectivity index (χ4v) is 2.33. The molecule has 0 saturated heterocycles. The van der Waals surface area contributed by atoms with Gasteiger partial charge in [-0.1, -0.05) is 30.3 Å². The first-order valence-electron chi connectivity index (χ1n) is 7.13. The number of nitrogens with one attached hydrogen (secondary N) is 1. The number of rotatable bonds is 4. The first kappa shape index (κ1) is 14.0. The molecule has 5 nitrogen and oxygen atoms in total. The molecular formula is C17H16N4O. The Balaban J connectivity index is 1.80. The molecule has 0 bridgehead atoms. The maximum Gasteiger partial charge on any atom is 0.271 e. The van der Waals surface area contributed by atoms with Gasteiger partial charge in [-0.2, -0.15) is 5.10 Å². The number of hydrogen-bond donors (Lipinski definition) is 1. The standard InChI is InChI=1S/C17H16N4O/c1-2-21-15-11-7-6-10-14(15)19-16(21)12-18-20-17(22)13-8-4-3-5-9-13/h3-12H,2H2,1H3,(H,20,22).